The summed E-state index contributed by atoms with van der Waals surface area (Å²) >= 11 is 1.81. The molecule has 1 aromatic heterocycles. The van der Waals surface area contributed by atoms with Gasteiger partial charge < -0.3 is 5.32 Å². The molecule has 0 aliphatic carbocycles. The van der Waals surface area contributed by atoms with E-state index in [0.29, 0.717) is 12.6 Å². The summed E-state index contributed by atoms with van der Waals surface area (Å²) in [6.45, 7) is 0.508. The molecule has 6 heteroatoms. The fourth-order valence-corrected chi connectivity index (χ4v) is 1.99. The lowest BCUT2D eigenvalue weighted by Crippen LogP contribution is -2.07. The molecule has 0 fully saturated rings. The molecule has 18 heavy (non-hydrogen) atoms. The number of pyridine rings is 1. The topological polar surface area (TPSA) is 24.9 Å². The number of thioether (sulfide) groups is 1. The number of rotatable bonds is 8. The molecule has 0 spiro atoms. The summed E-state index contributed by atoms with van der Waals surface area (Å²) in [5.41, 5.74) is 0. The van der Waals surface area contributed by atoms with Gasteiger partial charge in [-0.2, -0.15) is 21.1 Å². The Balaban J connectivity index is 2.25. The second-order valence-corrected chi connectivity index (χ2v) is 4.91. The van der Waals surface area contributed by atoms with Crippen LogP contribution in [-0.2, 0) is 0 Å². The number of hydrogen-bond acceptors (Lipinski definition) is 3. The van der Waals surface area contributed by atoms with Crippen molar-refractivity contribution >= 4 is 17.6 Å². The zero-order valence-electron chi connectivity index (χ0n) is 10.3. The fourth-order valence-electron chi connectivity index (χ4n) is 1.50. The van der Waals surface area contributed by atoms with Crippen molar-refractivity contribution in [3.8, 4) is 0 Å². The molecule has 1 heterocycles. The van der Waals surface area contributed by atoms with Gasteiger partial charge in [0.05, 0.1) is 0 Å². The average Bonchev–Trinajstić information content (AvgIpc) is 2.34. The molecule has 1 rings (SSSR count). The van der Waals surface area contributed by atoms with E-state index in [1.807, 2.05) is 11.8 Å². The molecule has 0 atom stereocenters. The molecular weight excluding hydrogens is 261 g/mol. The number of anilines is 1. The van der Waals surface area contributed by atoms with Crippen LogP contribution in [0.25, 0.3) is 0 Å². The van der Waals surface area contributed by atoms with Gasteiger partial charge >= 0.3 is 0 Å². The zero-order valence-corrected chi connectivity index (χ0v) is 11.1. The van der Waals surface area contributed by atoms with E-state index in [-0.39, 0.29) is 5.82 Å². The molecule has 0 bridgehead atoms. The minimum Gasteiger partial charge on any atom is -0.368 e. The molecule has 0 saturated heterocycles. The molecule has 1 N–H and O–H groups in total. The van der Waals surface area contributed by atoms with Crippen molar-refractivity contribution in [2.75, 3.05) is 23.9 Å². The van der Waals surface area contributed by atoms with Crippen molar-refractivity contribution < 1.29 is 13.2 Å². The average molecular weight is 278 g/mol. The summed E-state index contributed by atoms with van der Waals surface area (Å²) in [7, 11) is 0. The van der Waals surface area contributed by atoms with Crippen LogP contribution >= 0.6 is 11.8 Å². The van der Waals surface area contributed by atoms with Crippen LogP contribution in [0, 0.1) is 17.6 Å². The summed E-state index contributed by atoms with van der Waals surface area (Å²) in [5.74, 6) is -2.49. The van der Waals surface area contributed by atoms with Gasteiger partial charge in [0.25, 0.3) is 5.95 Å². The Labute approximate surface area is 109 Å². The summed E-state index contributed by atoms with van der Waals surface area (Å²) in [5, 5.41) is 2.67. The molecule has 2 nitrogen and oxygen atoms in total. The predicted octanol–water partition coefficient (Wildman–Crippen LogP) is 3.83. The van der Waals surface area contributed by atoms with Crippen LogP contribution in [0.2, 0.25) is 0 Å². The van der Waals surface area contributed by atoms with E-state index in [9.17, 15) is 13.2 Å². The van der Waals surface area contributed by atoms with Gasteiger partial charge in [-0.05, 0) is 24.9 Å². The molecule has 0 unspecified atom stereocenters. The Morgan fingerprint density at radius 1 is 1.11 bits per heavy atom. The van der Waals surface area contributed by atoms with E-state index < -0.39 is 17.6 Å². The Hall–Kier alpha value is -0.910. The maximum absolute atomic E-state index is 13.2. The van der Waals surface area contributed by atoms with Crippen molar-refractivity contribution in [2.45, 2.75) is 25.7 Å². The van der Waals surface area contributed by atoms with E-state index in [0.717, 1.165) is 25.0 Å². The van der Waals surface area contributed by atoms with E-state index in [4.69, 9.17) is 0 Å². The third kappa shape index (κ3) is 5.16. The Morgan fingerprint density at radius 2 is 1.83 bits per heavy atom. The van der Waals surface area contributed by atoms with E-state index in [1.165, 1.54) is 6.42 Å². The van der Waals surface area contributed by atoms with E-state index in [2.05, 4.69) is 16.6 Å². The lowest BCUT2D eigenvalue weighted by Gasteiger charge is -2.06. The van der Waals surface area contributed by atoms with Crippen LogP contribution < -0.4 is 5.32 Å². The van der Waals surface area contributed by atoms with Crippen LogP contribution in [0.5, 0.6) is 0 Å². The number of aromatic nitrogens is 1. The molecule has 0 radical (unpaired) electrons. The first-order valence-corrected chi connectivity index (χ1v) is 7.29. The molecule has 1 aromatic rings. The van der Waals surface area contributed by atoms with Crippen molar-refractivity contribution in [1.29, 1.82) is 0 Å². The van der Waals surface area contributed by atoms with Crippen molar-refractivity contribution in [2.24, 2.45) is 0 Å². The standard InChI is InChI=1S/C12H17F3N2S/c1-18-7-5-3-2-4-6-16-12-10(14)8-9(13)11(15)17-12/h8H,2-7H2,1H3,(H,16,17). The Kier molecular flexibility index (Phi) is 6.93. The lowest BCUT2D eigenvalue weighted by atomic mass is 10.2. The van der Waals surface area contributed by atoms with Crippen LogP contribution in [0.3, 0.4) is 0 Å². The van der Waals surface area contributed by atoms with Gasteiger partial charge in [-0.1, -0.05) is 12.8 Å². The SMILES string of the molecule is CSCCCCCCNc1nc(F)c(F)cc1F. The summed E-state index contributed by atoms with van der Waals surface area (Å²) < 4.78 is 38.6. The van der Waals surface area contributed by atoms with Gasteiger partial charge in [-0.25, -0.2) is 8.78 Å². The van der Waals surface area contributed by atoms with Crippen molar-refractivity contribution in [3.05, 3.63) is 23.6 Å². The van der Waals surface area contributed by atoms with Crippen LogP contribution in [-0.4, -0.2) is 23.5 Å². The van der Waals surface area contributed by atoms with E-state index in [1.54, 1.807) is 0 Å². The molecule has 0 aliphatic rings. The van der Waals surface area contributed by atoms with Gasteiger partial charge in [0.2, 0.25) is 0 Å². The van der Waals surface area contributed by atoms with Gasteiger partial charge in [0.1, 0.15) is 0 Å². The van der Waals surface area contributed by atoms with Crippen LogP contribution in [0.15, 0.2) is 6.07 Å². The highest BCUT2D eigenvalue weighted by Gasteiger charge is 2.10. The van der Waals surface area contributed by atoms with Gasteiger partial charge in [-0.3, -0.25) is 0 Å². The minimum absolute atomic E-state index is 0.224. The van der Waals surface area contributed by atoms with Crippen molar-refractivity contribution in [1.82, 2.24) is 4.98 Å². The summed E-state index contributed by atoms with van der Waals surface area (Å²) in [6.07, 6.45) is 6.24. The Bertz CT molecular complexity index is 375. The molecule has 0 aromatic carbocycles. The fraction of sp³-hybridized carbons (Fsp3) is 0.583. The predicted molar refractivity (Wildman–Crippen MR) is 69.5 cm³/mol. The smallest absolute Gasteiger partial charge is 0.251 e. The molecular formula is C12H17F3N2S. The molecule has 0 saturated carbocycles. The van der Waals surface area contributed by atoms with Gasteiger partial charge in [0, 0.05) is 12.6 Å². The maximum Gasteiger partial charge on any atom is 0.251 e. The third-order valence-electron chi connectivity index (χ3n) is 2.45. The number of unbranched alkanes of at least 4 members (excludes halogenated alkanes) is 3. The number of halogens is 3. The van der Waals surface area contributed by atoms with Crippen molar-refractivity contribution in [3.63, 3.8) is 0 Å². The highest BCUT2D eigenvalue weighted by atomic mass is 32.2. The molecule has 0 aliphatic heterocycles. The molecule has 102 valence electrons. The Morgan fingerprint density at radius 3 is 2.56 bits per heavy atom. The number of nitrogens with zero attached hydrogens (tertiary/aromatic N) is 1. The first kappa shape index (κ1) is 15.1. The summed E-state index contributed by atoms with van der Waals surface area (Å²) in [6, 6.07) is 0.503. The van der Waals surface area contributed by atoms with Crippen LogP contribution in [0.1, 0.15) is 25.7 Å². The van der Waals surface area contributed by atoms with Gasteiger partial charge in [-0.15, -0.1) is 0 Å². The quantitative estimate of drug-likeness (QED) is 0.578. The largest absolute Gasteiger partial charge is 0.368 e. The first-order chi connectivity index (χ1) is 8.65. The highest BCUT2D eigenvalue weighted by molar-refractivity contribution is 7.98. The summed E-state index contributed by atoms with van der Waals surface area (Å²) in [4.78, 5) is 3.19. The normalized spacial score (nSPS) is 10.7. The van der Waals surface area contributed by atoms with Gasteiger partial charge in [0.15, 0.2) is 17.5 Å². The third-order valence-corrected chi connectivity index (χ3v) is 3.15. The highest BCUT2D eigenvalue weighted by Crippen LogP contribution is 2.14. The number of hydrogen-bond donors (Lipinski definition) is 1. The zero-order chi connectivity index (χ0) is 13.4. The number of nitrogens with one attached hydrogen (secondary N) is 1. The second-order valence-electron chi connectivity index (χ2n) is 3.93. The van der Waals surface area contributed by atoms with E-state index >= 15 is 0 Å². The molecule has 0 amide bonds. The second kappa shape index (κ2) is 8.24. The minimum atomic E-state index is -1.28. The van der Waals surface area contributed by atoms with Crippen LogP contribution in [0.4, 0.5) is 19.0 Å². The maximum atomic E-state index is 13.2. The monoisotopic (exact) mass is 278 g/mol. The first-order valence-electron chi connectivity index (χ1n) is 5.89. The lowest BCUT2D eigenvalue weighted by molar-refractivity contribution is 0.466.